The lowest BCUT2D eigenvalue weighted by molar-refractivity contribution is 0.0943. The van der Waals surface area contributed by atoms with Crippen molar-refractivity contribution in [2.45, 2.75) is 4.90 Å². The first-order valence-electron chi connectivity index (χ1n) is 5.73. The van der Waals surface area contributed by atoms with Crippen LogP contribution in [0.1, 0.15) is 10.4 Å². The van der Waals surface area contributed by atoms with Gasteiger partial charge in [0.2, 0.25) is 0 Å². The Morgan fingerprint density at radius 1 is 0.905 bits per heavy atom. The van der Waals surface area contributed by atoms with Crippen molar-refractivity contribution in [1.82, 2.24) is 10.3 Å². The fourth-order valence-electron chi connectivity index (χ4n) is 1.55. The maximum Gasteiger partial charge on any atom is 0.268 e. The monoisotopic (exact) mass is 432 g/mol. The van der Waals surface area contributed by atoms with E-state index in [4.69, 9.17) is 0 Å². The summed E-state index contributed by atoms with van der Waals surface area (Å²) < 4.78 is 25.1. The smallest absolute Gasteiger partial charge is 0.268 e. The quantitative estimate of drug-likeness (QED) is 0.728. The number of carbonyl (C=O) groups excluding carboxylic acids is 1. The van der Waals surface area contributed by atoms with Crippen LogP contribution in [0.5, 0.6) is 0 Å². The van der Waals surface area contributed by atoms with E-state index in [1.54, 1.807) is 36.4 Å². The molecule has 0 aromatic heterocycles. The zero-order valence-corrected chi connectivity index (χ0v) is 14.5. The molecular weight excluding hydrogens is 424 g/mol. The number of benzene rings is 2. The van der Waals surface area contributed by atoms with E-state index in [-0.39, 0.29) is 4.90 Å². The van der Waals surface area contributed by atoms with Crippen LogP contribution in [0.4, 0.5) is 0 Å². The fraction of sp³-hybridized carbons (Fsp3) is 0. The Morgan fingerprint density at radius 3 is 2.05 bits per heavy atom. The fourth-order valence-corrected chi connectivity index (χ4v) is 3.77. The molecule has 0 aliphatic heterocycles. The van der Waals surface area contributed by atoms with E-state index in [2.05, 4.69) is 42.1 Å². The van der Waals surface area contributed by atoms with E-state index in [0.717, 1.165) is 0 Å². The minimum Gasteiger partial charge on any atom is -0.273 e. The van der Waals surface area contributed by atoms with Gasteiger partial charge in [-0.3, -0.25) is 10.2 Å². The number of sulfonamides is 1. The van der Waals surface area contributed by atoms with Gasteiger partial charge in [0.15, 0.2) is 0 Å². The molecule has 8 heteroatoms. The van der Waals surface area contributed by atoms with Crippen LogP contribution in [0.2, 0.25) is 0 Å². The van der Waals surface area contributed by atoms with Crippen LogP contribution < -0.4 is 10.3 Å². The minimum atomic E-state index is -3.80. The summed E-state index contributed by atoms with van der Waals surface area (Å²) in [6, 6.07) is 12.9. The molecule has 110 valence electrons. The number of hydrogen-bond acceptors (Lipinski definition) is 3. The van der Waals surface area contributed by atoms with Gasteiger partial charge in [0, 0.05) is 8.95 Å². The first-order valence-corrected chi connectivity index (χ1v) is 8.80. The zero-order valence-electron chi connectivity index (χ0n) is 10.5. The molecule has 1 amide bonds. The van der Waals surface area contributed by atoms with Gasteiger partial charge in [-0.2, -0.15) is 0 Å². The van der Waals surface area contributed by atoms with Crippen molar-refractivity contribution >= 4 is 47.8 Å². The van der Waals surface area contributed by atoms with Crippen LogP contribution in [0, 0.1) is 0 Å². The maximum atomic E-state index is 12.1. The molecule has 0 spiro atoms. The van der Waals surface area contributed by atoms with Crippen molar-refractivity contribution in [3.05, 3.63) is 63.0 Å². The van der Waals surface area contributed by atoms with Crippen LogP contribution in [0.25, 0.3) is 0 Å². The Hall–Kier alpha value is -1.22. The van der Waals surface area contributed by atoms with Crippen molar-refractivity contribution in [3.8, 4) is 0 Å². The first-order chi connectivity index (χ1) is 9.92. The van der Waals surface area contributed by atoms with E-state index in [0.29, 0.717) is 14.5 Å². The van der Waals surface area contributed by atoms with E-state index < -0.39 is 15.9 Å². The average Bonchev–Trinajstić information content (AvgIpc) is 2.46. The summed E-state index contributed by atoms with van der Waals surface area (Å²) in [5.74, 6) is -0.575. The Kier molecular flexibility index (Phi) is 5.15. The molecule has 0 saturated heterocycles. The molecule has 5 nitrogen and oxygen atoms in total. The lowest BCUT2D eigenvalue weighted by atomic mass is 10.2. The van der Waals surface area contributed by atoms with Crippen molar-refractivity contribution in [2.24, 2.45) is 0 Å². The highest BCUT2D eigenvalue weighted by atomic mass is 79.9. The summed E-state index contributed by atoms with van der Waals surface area (Å²) in [6.07, 6.45) is 0. The Morgan fingerprint density at radius 2 is 1.48 bits per heavy atom. The van der Waals surface area contributed by atoms with Gasteiger partial charge in [0.1, 0.15) is 0 Å². The van der Waals surface area contributed by atoms with E-state index in [1.165, 1.54) is 12.1 Å². The number of amides is 1. The second kappa shape index (κ2) is 6.69. The molecule has 0 bridgehead atoms. The first kappa shape index (κ1) is 16.2. The summed E-state index contributed by atoms with van der Waals surface area (Å²) in [7, 11) is -3.80. The highest BCUT2D eigenvalue weighted by molar-refractivity contribution is 9.11. The predicted molar refractivity (Wildman–Crippen MR) is 86.1 cm³/mol. The number of carbonyl (C=O) groups is 1. The summed E-state index contributed by atoms with van der Waals surface area (Å²) in [5.41, 5.74) is 2.48. The molecular formula is C13H10Br2N2O3S. The number of nitrogens with one attached hydrogen (secondary N) is 2. The van der Waals surface area contributed by atoms with Gasteiger partial charge >= 0.3 is 0 Å². The molecule has 0 aliphatic rings. The number of hydrazine groups is 1. The van der Waals surface area contributed by atoms with E-state index in [9.17, 15) is 13.2 Å². The molecule has 2 aromatic carbocycles. The Balaban J connectivity index is 2.15. The highest BCUT2D eigenvalue weighted by Gasteiger charge is 2.18. The van der Waals surface area contributed by atoms with Gasteiger partial charge in [-0.1, -0.05) is 24.3 Å². The number of rotatable bonds is 4. The normalized spacial score (nSPS) is 11.1. The molecule has 2 aromatic rings. The van der Waals surface area contributed by atoms with Crippen LogP contribution >= 0.6 is 31.9 Å². The third-order valence-electron chi connectivity index (χ3n) is 2.54. The lowest BCUT2D eigenvalue weighted by Gasteiger charge is -2.10. The van der Waals surface area contributed by atoms with Crippen molar-refractivity contribution in [3.63, 3.8) is 0 Å². The third-order valence-corrected chi connectivity index (χ3v) is 5.13. The second-order valence-corrected chi connectivity index (χ2v) is 7.36. The van der Waals surface area contributed by atoms with Gasteiger partial charge < -0.3 is 0 Å². The van der Waals surface area contributed by atoms with Crippen molar-refractivity contribution in [1.29, 1.82) is 0 Å². The summed E-state index contributed by atoms with van der Waals surface area (Å²) in [5, 5.41) is 0. The molecule has 21 heavy (non-hydrogen) atoms. The Labute approximate surface area is 139 Å². The molecule has 0 fully saturated rings. The molecule has 0 heterocycles. The van der Waals surface area contributed by atoms with Crippen molar-refractivity contribution < 1.29 is 13.2 Å². The summed E-state index contributed by atoms with van der Waals surface area (Å²) in [6.45, 7) is 0. The van der Waals surface area contributed by atoms with Gasteiger partial charge in [0.25, 0.3) is 15.9 Å². The average molecular weight is 434 g/mol. The van der Waals surface area contributed by atoms with Crippen LogP contribution in [-0.4, -0.2) is 14.3 Å². The maximum absolute atomic E-state index is 12.1. The van der Waals surface area contributed by atoms with E-state index in [1.807, 2.05) is 0 Å². The summed E-state index contributed by atoms with van der Waals surface area (Å²) in [4.78, 5) is 14.2. The molecule has 0 unspecified atom stereocenters. The van der Waals surface area contributed by atoms with Gasteiger partial charge in [0.05, 0.1) is 10.5 Å². The molecule has 0 radical (unpaired) electrons. The van der Waals surface area contributed by atoms with Crippen LogP contribution in [-0.2, 0) is 10.0 Å². The van der Waals surface area contributed by atoms with Crippen LogP contribution in [0.15, 0.2) is 62.4 Å². The summed E-state index contributed by atoms with van der Waals surface area (Å²) >= 11 is 6.49. The van der Waals surface area contributed by atoms with Gasteiger partial charge in [-0.25, -0.2) is 8.42 Å². The minimum absolute atomic E-state index is 0.0662. The van der Waals surface area contributed by atoms with Gasteiger partial charge in [-0.05, 0) is 56.1 Å². The highest BCUT2D eigenvalue weighted by Crippen LogP contribution is 2.24. The Bertz CT molecular complexity index is 744. The van der Waals surface area contributed by atoms with Crippen LogP contribution in [0.3, 0.4) is 0 Å². The largest absolute Gasteiger partial charge is 0.273 e. The second-order valence-electron chi connectivity index (χ2n) is 3.97. The number of halogens is 2. The molecule has 0 aliphatic carbocycles. The standard InChI is InChI=1S/C13H10Br2N2O3S/c14-10-7-4-8-11(15)12(10)13(18)16-17-21(19,20)9-5-2-1-3-6-9/h1-8,17H,(H,16,18). The number of hydrogen-bond donors (Lipinski definition) is 2. The SMILES string of the molecule is O=C(NNS(=O)(=O)c1ccccc1)c1c(Br)cccc1Br. The molecule has 2 N–H and O–H groups in total. The lowest BCUT2D eigenvalue weighted by Crippen LogP contribution is -2.41. The molecule has 2 rings (SSSR count). The van der Waals surface area contributed by atoms with Gasteiger partial charge in [-0.15, -0.1) is 4.83 Å². The third kappa shape index (κ3) is 3.91. The molecule has 0 atom stereocenters. The molecule has 0 saturated carbocycles. The predicted octanol–water partition coefficient (Wildman–Crippen LogP) is 2.83. The zero-order chi connectivity index (χ0) is 15.5. The van der Waals surface area contributed by atoms with Crippen molar-refractivity contribution in [2.75, 3.05) is 0 Å². The topological polar surface area (TPSA) is 75.3 Å². The van der Waals surface area contributed by atoms with E-state index >= 15 is 0 Å².